The van der Waals surface area contributed by atoms with Crippen LogP contribution < -0.4 is 4.74 Å². The molecule has 0 amide bonds. The molecule has 0 radical (unpaired) electrons. The maximum absolute atomic E-state index is 14.1. The van der Waals surface area contributed by atoms with E-state index in [9.17, 15) is 14.0 Å². The Morgan fingerprint density at radius 3 is 2.55 bits per heavy atom. The fraction of sp³-hybridized carbons (Fsp3) is 0.333. The molecule has 0 spiro atoms. The van der Waals surface area contributed by atoms with E-state index in [0.29, 0.717) is 46.2 Å². The molecule has 0 saturated carbocycles. The maximum Gasteiger partial charge on any atom is 0.338 e. The van der Waals surface area contributed by atoms with Crippen LogP contribution in [0.15, 0.2) is 69.4 Å². The van der Waals surface area contributed by atoms with Crippen LogP contribution in [0, 0.1) is 12.7 Å². The largest absolute Gasteiger partial charge is 0.497 e. The molecule has 2 atom stereocenters. The number of rotatable bonds is 8. The van der Waals surface area contributed by atoms with Gasteiger partial charge in [-0.2, -0.15) is 0 Å². The van der Waals surface area contributed by atoms with E-state index in [1.165, 1.54) is 30.6 Å². The maximum atomic E-state index is 14.1. The van der Waals surface area contributed by atoms with Crippen molar-refractivity contribution in [3.8, 4) is 5.75 Å². The monoisotopic (exact) mass is 656 g/mol. The Balaban J connectivity index is 1.70. The Morgan fingerprint density at radius 2 is 1.93 bits per heavy atom. The van der Waals surface area contributed by atoms with Crippen LogP contribution in [0.25, 0.3) is 0 Å². The second-order valence-corrected chi connectivity index (χ2v) is 11.9. The van der Waals surface area contributed by atoms with Crippen LogP contribution in [-0.4, -0.2) is 72.5 Å². The predicted molar refractivity (Wildman–Crippen MR) is 160 cm³/mol. The highest BCUT2D eigenvalue weighted by Crippen LogP contribution is 2.42. The summed E-state index contributed by atoms with van der Waals surface area (Å²) in [7, 11) is 2.95. The third-order valence-electron chi connectivity index (χ3n) is 7.07. The van der Waals surface area contributed by atoms with E-state index in [4.69, 9.17) is 19.2 Å². The number of carbonyl (C=O) groups excluding carboxylic acids is 2. The molecule has 0 unspecified atom stereocenters. The first-order valence-corrected chi connectivity index (χ1v) is 14.9. The van der Waals surface area contributed by atoms with Crippen molar-refractivity contribution < 1.29 is 28.2 Å². The third-order valence-corrected chi connectivity index (χ3v) is 8.67. The Morgan fingerprint density at radius 1 is 1.17 bits per heavy atom. The fourth-order valence-corrected chi connectivity index (χ4v) is 6.52. The van der Waals surface area contributed by atoms with Crippen LogP contribution in [0.4, 0.5) is 4.39 Å². The molecule has 3 heterocycles. The van der Waals surface area contributed by atoms with Crippen molar-refractivity contribution >= 4 is 45.0 Å². The highest BCUT2D eigenvalue weighted by molar-refractivity contribution is 9.10. The SMILES string of the molecule is CCOC(=O)C1=C2CN(Cc3ccc(OC)cc3)C[C@H](C(=O)OC)N2C(c2ncc(C)s2)=N[C@H]1c1ccc(F)cc1Br. The highest BCUT2D eigenvalue weighted by Gasteiger charge is 2.46. The van der Waals surface area contributed by atoms with Gasteiger partial charge in [-0.3, -0.25) is 9.89 Å². The number of halogens is 2. The zero-order valence-electron chi connectivity index (χ0n) is 23.6. The van der Waals surface area contributed by atoms with Gasteiger partial charge >= 0.3 is 11.9 Å². The lowest BCUT2D eigenvalue weighted by Crippen LogP contribution is -2.59. The van der Waals surface area contributed by atoms with E-state index in [1.807, 2.05) is 31.2 Å². The molecule has 0 bridgehead atoms. The lowest BCUT2D eigenvalue weighted by atomic mass is 9.92. The van der Waals surface area contributed by atoms with Gasteiger partial charge < -0.3 is 19.1 Å². The quantitative estimate of drug-likeness (QED) is 0.312. The van der Waals surface area contributed by atoms with Crippen molar-refractivity contribution in [2.45, 2.75) is 32.5 Å². The average Bonchev–Trinajstić information content (AvgIpc) is 3.42. The van der Waals surface area contributed by atoms with Gasteiger partial charge in [-0.25, -0.2) is 19.0 Å². The number of piperazine rings is 1. The number of aromatic nitrogens is 1. The Hall–Kier alpha value is -3.61. The van der Waals surface area contributed by atoms with Gasteiger partial charge in [0.2, 0.25) is 0 Å². The van der Waals surface area contributed by atoms with E-state index in [0.717, 1.165) is 16.2 Å². The number of hydrogen-bond donors (Lipinski definition) is 0. The first-order valence-electron chi connectivity index (χ1n) is 13.3. The van der Waals surface area contributed by atoms with Crippen LogP contribution in [0.3, 0.4) is 0 Å². The zero-order chi connectivity index (χ0) is 30.0. The number of methoxy groups -OCH3 is 2. The van der Waals surface area contributed by atoms with E-state index < -0.39 is 29.8 Å². The van der Waals surface area contributed by atoms with E-state index in [-0.39, 0.29) is 12.2 Å². The number of ether oxygens (including phenoxy) is 3. The molecule has 1 aromatic heterocycles. The Bertz CT molecular complexity index is 1560. The normalized spacial score (nSPS) is 18.8. The second-order valence-electron chi connectivity index (χ2n) is 9.80. The molecule has 12 heteroatoms. The molecule has 9 nitrogen and oxygen atoms in total. The molecule has 42 heavy (non-hydrogen) atoms. The number of fused-ring (bicyclic) bond motifs is 1. The second kappa shape index (κ2) is 12.7. The highest BCUT2D eigenvalue weighted by atomic mass is 79.9. The molecule has 1 saturated heterocycles. The van der Waals surface area contributed by atoms with Gasteiger partial charge in [-0.1, -0.05) is 34.1 Å². The third kappa shape index (κ3) is 5.97. The van der Waals surface area contributed by atoms with Crippen LogP contribution >= 0.6 is 27.3 Å². The number of benzene rings is 2. The summed E-state index contributed by atoms with van der Waals surface area (Å²) in [6.07, 6.45) is 1.74. The van der Waals surface area contributed by atoms with E-state index in [2.05, 4.69) is 25.8 Å². The van der Waals surface area contributed by atoms with Crippen molar-refractivity contribution in [1.29, 1.82) is 0 Å². The predicted octanol–water partition coefficient (Wildman–Crippen LogP) is 5.04. The van der Waals surface area contributed by atoms with Crippen molar-refractivity contribution in [3.05, 3.63) is 91.2 Å². The summed E-state index contributed by atoms with van der Waals surface area (Å²) in [6.45, 7) is 4.93. The minimum Gasteiger partial charge on any atom is -0.497 e. The first kappa shape index (κ1) is 29.9. The smallest absolute Gasteiger partial charge is 0.338 e. The summed E-state index contributed by atoms with van der Waals surface area (Å²) < 4.78 is 30.7. The first-order chi connectivity index (χ1) is 20.2. The van der Waals surface area contributed by atoms with Gasteiger partial charge in [0, 0.05) is 40.9 Å². The van der Waals surface area contributed by atoms with E-state index >= 15 is 0 Å². The number of nitrogens with zero attached hydrogens (tertiary/aromatic N) is 4. The van der Waals surface area contributed by atoms with Crippen molar-refractivity contribution in [3.63, 3.8) is 0 Å². The molecule has 0 N–H and O–H groups in total. The number of hydrogen-bond acceptors (Lipinski definition) is 10. The minimum atomic E-state index is -0.844. The van der Waals surface area contributed by atoms with Gasteiger partial charge in [0.05, 0.1) is 26.4 Å². The van der Waals surface area contributed by atoms with E-state index in [1.54, 1.807) is 31.2 Å². The molecule has 3 aromatic rings. The number of carbonyl (C=O) groups is 2. The number of esters is 2. The number of aliphatic imine (C=N–C) groups is 1. The average molecular weight is 658 g/mol. The Labute approximate surface area is 255 Å². The van der Waals surface area contributed by atoms with Gasteiger partial charge in [0.1, 0.15) is 23.7 Å². The lowest BCUT2D eigenvalue weighted by molar-refractivity contribution is -0.147. The van der Waals surface area contributed by atoms with Crippen molar-refractivity contribution in [2.75, 3.05) is 33.9 Å². The molecule has 220 valence electrons. The molecular formula is C30H30BrFN4O5S. The molecular weight excluding hydrogens is 627 g/mol. The summed E-state index contributed by atoms with van der Waals surface area (Å²) >= 11 is 4.91. The summed E-state index contributed by atoms with van der Waals surface area (Å²) in [5.41, 5.74) is 2.42. The van der Waals surface area contributed by atoms with Gasteiger partial charge in [-0.05, 0) is 49.2 Å². The van der Waals surface area contributed by atoms with Crippen molar-refractivity contribution in [2.24, 2.45) is 4.99 Å². The van der Waals surface area contributed by atoms with Crippen LogP contribution in [0.2, 0.25) is 0 Å². The fourth-order valence-electron chi connectivity index (χ4n) is 5.19. The van der Waals surface area contributed by atoms with Gasteiger partial charge in [0.15, 0.2) is 10.8 Å². The molecule has 5 rings (SSSR count). The standard InChI is InChI=1S/C30H30BrFN4O5S/c1-5-41-30(38)25-23-15-35(14-18-6-9-20(39-3)10-7-18)16-24(29(37)40-4)36(23)27(28-33-13-17(2)42-28)34-26(25)21-11-8-19(32)12-22(21)31/h6-13,24,26H,5,14-16H2,1-4H3/t24-,26+/m1/s1. The summed E-state index contributed by atoms with van der Waals surface area (Å²) in [5.74, 6) is -0.286. The zero-order valence-corrected chi connectivity index (χ0v) is 26.0. The van der Waals surface area contributed by atoms with Gasteiger partial charge in [0.25, 0.3) is 0 Å². The molecule has 2 aromatic carbocycles. The number of amidine groups is 1. The topological polar surface area (TPSA) is 93.6 Å². The Kier molecular flexibility index (Phi) is 9.05. The number of thiazole rings is 1. The lowest BCUT2D eigenvalue weighted by Gasteiger charge is -2.46. The summed E-state index contributed by atoms with van der Waals surface area (Å²) in [6, 6.07) is 10.3. The van der Waals surface area contributed by atoms with Crippen LogP contribution in [-0.2, 0) is 25.6 Å². The molecule has 0 aliphatic carbocycles. The molecule has 1 fully saturated rings. The van der Waals surface area contributed by atoms with Crippen LogP contribution in [0.1, 0.15) is 34.0 Å². The van der Waals surface area contributed by atoms with Crippen molar-refractivity contribution in [1.82, 2.24) is 14.8 Å². The van der Waals surface area contributed by atoms with Crippen LogP contribution in [0.5, 0.6) is 5.75 Å². The molecule has 2 aliphatic rings. The minimum absolute atomic E-state index is 0.144. The molecule has 2 aliphatic heterocycles. The summed E-state index contributed by atoms with van der Waals surface area (Å²) in [4.78, 5) is 41.5. The van der Waals surface area contributed by atoms with Gasteiger partial charge in [-0.15, -0.1) is 11.3 Å². The summed E-state index contributed by atoms with van der Waals surface area (Å²) in [5, 5.41) is 0.591. The number of aryl methyl sites for hydroxylation is 1.